The molecule has 0 aliphatic rings. The van der Waals surface area contributed by atoms with Gasteiger partial charge in [-0.3, -0.25) is 0 Å². The van der Waals surface area contributed by atoms with E-state index in [1.807, 2.05) is 48.1 Å². The summed E-state index contributed by atoms with van der Waals surface area (Å²) < 4.78 is 1.81. The van der Waals surface area contributed by atoms with Crippen molar-refractivity contribution in [2.24, 2.45) is 12.0 Å². The van der Waals surface area contributed by atoms with E-state index in [0.717, 1.165) is 32.5 Å². The van der Waals surface area contributed by atoms with Crippen LogP contribution in [0.2, 0.25) is 5.02 Å². The standard InChI is InChI=1S/C17H16ClN3S/c1-3-12-5-4-6-15(11-12)19-17-21(2)20-16(22-17)13-7-9-14(18)10-8-13/h4-11H,3H2,1-2H3. The van der Waals surface area contributed by atoms with Gasteiger partial charge in [-0.15, -0.1) is 0 Å². The largest absolute Gasteiger partial charge is 0.241 e. The molecule has 0 radical (unpaired) electrons. The van der Waals surface area contributed by atoms with Crippen LogP contribution in [0.1, 0.15) is 12.5 Å². The van der Waals surface area contributed by atoms with Crippen LogP contribution in [0.4, 0.5) is 5.69 Å². The molecule has 22 heavy (non-hydrogen) atoms. The third-order valence-corrected chi connectivity index (χ3v) is 4.64. The van der Waals surface area contributed by atoms with Gasteiger partial charge in [0, 0.05) is 17.6 Å². The van der Waals surface area contributed by atoms with E-state index in [1.165, 1.54) is 5.56 Å². The highest BCUT2D eigenvalue weighted by Crippen LogP contribution is 2.22. The predicted octanol–water partition coefficient (Wildman–Crippen LogP) is 4.60. The van der Waals surface area contributed by atoms with Gasteiger partial charge in [-0.05, 0) is 36.2 Å². The maximum atomic E-state index is 5.93. The van der Waals surface area contributed by atoms with Crippen molar-refractivity contribution in [2.75, 3.05) is 0 Å². The molecule has 0 spiro atoms. The Bertz CT molecular complexity index is 847. The molecule has 0 aliphatic heterocycles. The first-order valence-corrected chi connectivity index (χ1v) is 8.29. The van der Waals surface area contributed by atoms with Crippen molar-refractivity contribution in [3.05, 3.63) is 63.9 Å². The number of rotatable bonds is 3. The second-order valence-corrected chi connectivity index (χ2v) is 6.35. The van der Waals surface area contributed by atoms with Gasteiger partial charge in [-0.2, -0.15) is 5.10 Å². The molecule has 3 rings (SSSR count). The second kappa shape index (κ2) is 6.46. The Morgan fingerprint density at radius 2 is 1.95 bits per heavy atom. The molecule has 3 nitrogen and oxygen atoms in total. The van der Waals surface area contributed by atoms with E-state index < -0.39 is 0 Å². The third kappa shape index (κ3) is 3.29. The van der Waals surface area contributed by atoms with Gasteiger partial charge in [0.05, 0.1) is 5.69 Å². The molecule has 0 atom stereocenters. The molecule has 0 aliphatic carbocycles. The van der Waals surface area contributed by atoms with Crippen molar-refractivity contribution in [3.8, 4) is 10.6 Å². The maximum Gasteiger partial charge on any atom is 0.208 e. The first-order chi connectivity index (χ1) is 10.7. The second-order valence-electron chi connectivity index (χ2n) is 4.96. The van der Waals surface area contributed by atoms with Crippen LogP contribution in [-0.2, 0) is 13.5 Å². The van der Waals surface area contributed by atoms with Crippen LogP contribution in [0.5, 0.6) is 0 Å². The van der Waals surface area contributed by atoms with E-state index in [-0.39, 0.29) is 0 Å². The zero-order valence-electron chi connectivity index (χ0n) is 12.5. The predicted molar refractivity (Wildman–Crippen MR) is 92.6 cm³/mol. The molecular weight excluding hydrogens is 314 g/mol. The first kappa shape index (κ1) is 15.0. The van der Waals surface area contributed by atoms with Gasteiger partial charge < -0.3 is 0 Å². The lowest BCUT2D eigenvalue weighted by Crippen LogP contribution is -2.10. The molecule has 0 saturated heterocycles. The summed E-state index contributed by atoms with van der Waals surface area (Å²) >= 11 is 7.50. The average Bonchev–Trinajstić information content (AvgIpc) is 2.89. The molecule has 0 N–H and O–H groups in total. The van der Waals surface area contributed by atoms with Crippen molar-refractivity contribution < 1.29 is 0 Å². The van der Waals surface area contributed by atoms with Gasteiger partial charge >= 0.3 is 0 Å². The monoisotopic (exact) mass is 329 g/mol. The molecule has 5 heteroatoms. The maximum absolute atomic E-state index is 5.93. The number of hydrogen-bond donors (Lipinski definition) is 0. The van der Waals surface area contributed by atoms with E-state index in [1.54, 1.807) is 11.3 Å². The summed E-state index contributed by atoms with van der Waals surface area (Å²) in [6.07, 6.45) is 1.01. The molecule has 1 aromatic heterocycles. The van der Waals surface area contributed by atoms with E-state index in [2.05, 4.69) is 24.2 Å². The number of aryl methyl sites for hydroxylation is 2. The summed E-state index contributed by atoms with van der Waals surface area (Å²) in [6, 6.07) is 16.0. The van der Waals surface area contributed by atoms with Crippen LogP contribution >= 0.6 is 22.9 Å². The molecule has 0 unspecified atom stereocenters. The fourth-order valence-corrected chi connectivity index (χ4v) is 3.15. The fourth-order valence-electron chi connectivity index (χ4n) is 2.11. The number of nitrogens with zero attached hydrogens (tertiary/aromatic N) is 3. The third-order valence-electron chi connectivity index (χ3n) is 3.34. The fraction of sp³-hybridized carbons (Fsp3) is 0.176. The van der Waals surface area contributed by atoms with Crippen molar-refractivity contribution in [1.29, 1.82) is 0 Å². The van der Waals surface area contributed by atoms with Gasteiger partial charge in [0.1, 0.15) is 5.01 Å². The Labute approximate surface area is 138 Å². The Balaban J connectivity index is 2.01. The molecule has 0 fully saturated rings. The van der Waals surface area contributed by atoms with Crippen LogP contribution in [0.15, 0.2) is 53.5 Å². The Morgan fingerprint density at radius 1 is 1.18 bits per heavy atom. The van der Waals surface area contributed by atoms with Crippen molar-refractivity contribution in [3.63, 3.8) is 0 Å². The minimum absolute atomic E-state index is 0.728. The molecule has 0 amide bonds. The molecule has 0 saturated carbocycles. The van der Waals surface area contributed by atoms with Crippen LogP contribution in [0.25, 0.3) is 10.6 Å². The van der Waals surface area contributed by atoms with E-state index in [9.17, 15) is 0 Å². The highest BCUT2D eigenvalue weighted by molar-refractivity contribution is 7.12. The van der Waals surface area contributed by atoms with Crippen molar-refractivity contribution in [1.82, 2.24) is 9.78 Å². The van der Waals surface area contributed by atoms with Crippen LogP contribution in [0, 0.1) is 0 Å². The average molecular weight is 330 g/mol. The summed E-state index contributed by atoms with van der Waals surface area (Å²) in [5.41, 5.74) is 3.29. The molecule has 3 aromatic rings. The van der Waals surface area contributed by atoms with E-state index in [4.69, 9.17) is 16.6 Å². The number of benzene rings is 2. The van der Waals surface area contributed by atoms with E-state index >= 15 is 0 Å². The zero-order chi connectivity index (χ0) is 15.5. The van der Waals surface area contributed by atoms with Crippen LogP contribution < -0.4 is 4.80 Å². The summed E-state index contributed by atoms with van der Waals surface area (Å²) in [7, 11) is 1.92. The summed E-state index contributed by atoms with van der Waals surface area (Å²) in [6.45, 7) is 2.14. The Hall–Kier alpha value is -1.91. The number of hydrogen-bond acceptors (Lipinski definition) is 3. The zero-order valence-corrected chi connectivity index (χ0v) is 14.0. The lowest BCUT2D eigenvalue weighted by atomic mass is 10.1. The van der Waals surface area contributed by atoms with Crippen LogP contribution in [-0.4, -0.2) is 9.78 Å². The molecule has 1 heterocycles. The number of halogens is 1. The smallest absolute Gasteiger partial charge is 0.208 e. The Kier molecular flexibility index (Phi) is 4.41. The highest BCUT2D eigenvalue weighted by atomic mass is 35.5. The van der Waals surface area contributed by atoms with Crippen molar-refractivity contribution in [2.45, 2.75) is 13.3 Å². The van der Waals surface area contributed by atoms with Gasteiger partial charge in [-0.1, -0.05) is 54.1 Å². The van der Waals surface area contributed by atoms with E-state index in [0.29, 0.717) is 0 Å². The highest BCUT2D eigenvalue weighted by Gasteiger charge is 2.05. The summed E-state index contributed by atoms with van der Waals surface area (Å²) in [4.78, 5) is 5.58. The quantitative estimate of drug-likeness (QED) is 0.690. The first-order valence-electron chi connectivity index (χ1n) is 7.09. The van der Waals surface area contributed by atoms with Gasteiger partial charge in [-0.25, -0.2) is 9.67 Å². The van der Waals surface area contributed by atoms with Gasteiger partial charge in [0.2, 0.25) is 4.80 Å². The lowest BCUT2D eigenvalue weighted by Gasteiger charge is -1.97. The Morgan fingerprint density at radius 3 is 2.68 bits per heavy atom. The topological polar surface area (TPSA) is 30.2 Å². The summed E-state index contributed by atoms with van der Waals surface area (Å²) in [5, 5.41) is 6.21. The number of aromatic nitrogens is 2. The van der Waals surface area contributed by atoms with Gasteiger partial charge in [0.25, 0.3) is 0 Å². The molecule has 112 valence electrons. The SMILES string of the molecule is CCc1cccc(N=c2sc(-c3ccc(Cl)cc3)nn2C)c1. The van der Waals surface area contributed by atoms with Gasteiger partial charge in [0.15, 0.2) is 0 Å². The molecule has 2 aromatic carbocycles. The minimum Gasteiger partial charge on any atom is -0.241 e. The lowest BCUT2D eigenvalue weighted by molar-refractivity contribution is 0.732. The molecular formula is C17H16ClN3S. The van der Waals surface area contributed by atoms with Crippen molar-refractivity contribution >= 4 is 28.6 Å². The van der Waals surface area contributed by atoms with Crippen LogP contribution in [0.3, 0.4) is 0 Å². The normalized spacial score (nSPS) is 11.9. The summed E-state index contributed by atoms with van der Waals surface area (Å²) in [5.74, 6) is 0. The minimum atomic E-state index is 0.728. The molecule has 0 bridgehead atoms.